The van der Waals surface area contributed by atoms with Crippen molar-refractivity contribution >= 4 is 22.3 Å². The van der Waals surface area contributed by atoms with E-state index < -0.39 is 0 Å². The molecule has 0 saturated carbocycles. The van der Waals surface area contributed by atoms with Gasteiger partial charge in [-0.25, -0.2) is 9.97 Å². The zero-order chi connectivity index (χ0) is 19.7. The molecule has 0 spiro atoms. The van der Waals surface area contributed by atoms with Gasteiger partial charge in [0.2, 0.25) is 0 Å². The summed E-state index contributed by atoms with van der Waals surface area (Å²) in [5, 5.41) is 1.06. The smallest absolute Gasteiger partial charge is 0.160 e. The standard InChI is InChI=1S/C24H24N4/c1-27(2)19-13-9-17(10-14-19)23-21-7-5-6-8-22(21)25-24(26-23)18-11-15-20(16-12-18)28(3)4/h5-16H,1-4H3. The van der Waals surface area contributed by atoms with E-state index in [0.717, 1.165) is 39.2 Å². The van der Waals surface area contributed by atoms with Gasteiger partial charge in [-0.2, -0.15) is 0 Å². The van der Waals surface area contributed by atoms with Gasteiger partial charge in [-0.15, -0.1) is 0 Å². The van der Waals surface area contributed by atoms with Crippen molar-refractivity contribution in [2.75, 3.05) is 38.0 Å². The summed E-state index contributed by atoms with van der Waals surface area (Å²) < 4.78 is 0. The predicted molar refractivity (Wildman–Crippen MR) is 119 cm³/mol. The lowest BCUT2D eigenvalue weighted by molar-refractivity contribution is 1.13. The summed E-state index contributed by atoms with van der Waals surface area (Å²) in [6.45, 7) is 0. The number of para-hydroxylation sites is 1. The summed E-state index contributed by atoms with van der Waals surface area (Å²) in [6.07, 6.45) is 0. The number of nitrogens with zero attached hydrogens (tertiary/aromatic N) is 4. The minimum Gasteiger partial charge on any atom is -0.378 e. The summed E-state index contributed by atoms with van der Waals surface area (Å²) in [4.78, 5) is 14.0. The number of fused-ring (bicyclic) bond motifs is 1. The summed E-state index contributed by atoms with van der Waals surface area (Å²) in [5.41, 5.74) is 6.35. The first-order valence-corrected chi connectivity index (χ1v) is 9.35. The van der Waals surface area contributed by atoms with E-state index in [2.05, 4.69) is 64.4 Å². The highest BCUT2D eigenvalue weighted by Gasteiger charge is 2.11. The third-order valence-electron chi connectivity index (χ3n) is 4.90. The van der Waals surface area contributed by atoms with E-state index in [1.807, 2.05) is 46.4 Å². The molecule has 0 fully saturated rings. The number of rotatable bonds is 4. The lowest BCUT2D eigenvalue weighted by Crippen LogP contribution is -2.08. The van der Waals surface area contributed by atoms with Crippen LogP contribution in [0.5, 0.6) is 0 Å². The fourth-order valence-electron chi connectivity index (χ4n) is 3.25. The third kappa shape index (κ3) is 3.41. The zero-order valence-corrected chi connectivity index (χ0v) is 16.7. The van der Waals surface area contributed by atoms with Gasteiger partial charge in [0.15, 0.2) is 5.82 Å². The molecule has 140 valence electrons. The van der Waals surface area contributed by atoms with Gasteiger partial charge in [-0.1, -0.05) is 30.3 Å². The molecule has 0 aliphatic heterocycles. The average Bonchev–Trinajstić information content (AvgIpc) is 2.73. The topological polar surface area (TPSA) is 32.3 Å². The van der Waals surface area contributed by atoms with Crippen LogP contribution < -0.4 is 9.80 Å². The van der Waals surface area contributed by atoms with Gasteiger partial charge in [0.05, 0.1) is 11.2 Å². The number of aromatic nitrogens is 2. The monoisotopic (exact) mass is 368 g/mol. The van der Waals surface area contributed by atoms with Crippen molar-refractivity contribution in [3.63, 3.8) is 0 Å². The van der Waals surface area contributed by atoms with E-state index in [1.54, 1.807) is 0 Å². The molecule has 1 heterocycles. The number of hydrogen-bond donors (Lipinski definition) is 0. The fourth-order valence-corrected chi connectivity index (χ4v) is 3.25. The van der Waals surface area contributed by atoms with Crippen LogP contribution in [0.1, 0.15) is 0 Å². The van der Waals surface area contributed by atoms with E-state index >= 15 is 0 Å². The molecule has 0 aliphatic rings. The summed E-state index contributed by atoms with van der Waals surface area (Å²) >= 11 is 0. The highest BCUT2D eigenvalue weighted by molar-refractivity contribution is 5.93. The highest BCUT2D eigenvalue weighted by Crippen LogP contribution is 2.30. The first-order chi connectivity index (χ1) is 13.5. The first-order valence-electron chi connectivity index (χ1n) is 9.35. The lowest BCUT2D eigenvalue weighted by Gasteiger charge is -2.14. The molecule has 0 unspecified atom stereocenters. The summed E-state index contributed by atoms with van der Waals surface area (Å²) in [7, 11) is 8.17. The van der Waals surface area contributed by atoms with E-state index in [4.69, 9.17) is 9.97 Å². The Bertz CT molecular complexity index is 1100. The van der Waals surface area contributed by atoms with Crippen LogP contribution in [0, 0.1) is 0 Å². The molecule has 0 atom stereocenters. The van der Waals surface area contributed by atoms with Crippen LogP contribution >= 0.6 is 0 Å². The van der Waals surface area contributed by atoms with Gasteiger partial charge in [0.25, 0.3) is 0 Å². The lowest BCUT2D eigenvalue weighted by atomic mass is 10.0. The van der Waals surface area contributed by atoms with Gasteiger partial charge >= 0.3 is 0 Å². The van der Waals surface area contributed by atoms with Crippen LogP contribution in [0.3, 0.4) is 0 Å². The van der Waals surface area contributed by atoms with Crippen LogP contribution in [0.25, 0.3) is 33.5 Å². The molecule has 1 aromatic heterocycles. The maximum atomic E-state index is 4.95. The quantitative estimate of drug-likeness (QED) is 0.502. The van der Waals surface area contributed by atoms with E-state index in [1.165, 1.54) is 5.69 Å². The molecule has 0 bridgehead atoms. The largest absolute Gasteiger partial charge is 0.378 e. The van der Waals surface area contributed by atoms with E-state index in [0.29, 0.717) is 0 Å². The Morgan fingerprint density at radius 3 is 1.68 bits per heavy atom. The minimum atomic E-state index is 0.746. The number of hydrogen-bond acceptors (Lipinski definition) is 4. The van der Waals surface area contributed by atoms with Gasteiger partial charge in [-0.3, -0.25) is 0 Å². The number of benzene rings is 3. The van der Waals surface area contributed by atoms with E-state index in [-0.39, 0.29) is 0 Å². The molecule has 3 aromatic carbocycles. The average molecular weight is 368 g/mol. The molecule has 0 radical (unpaired) electrons. The summed E-state index contributed by atoms with van der Waals surface area (Å²) in [6, 6.07) is 25.1. The van der Waals surface area contributed by atoms with Crippen molar-refractivity contribution in [2.24, 2.45) is 0 Å². The van der Waals surface area contributed by atoms with Crippen LogP contribution in [-0.2, 0) is 0 Å². The fraction of sp³-hybridized carbons (Fsp3) is 0.167. The van der Waals surface area contributed by atoms with Crippen molar-refractivity contribution in [2.45, 2.75) is 0 Å². The Kier molecular flexibility index (Phi) is 4.70. The normalized spacial score (nSPS) is 10.9. The maximum Gasteiger partial charge on any atom is 0.160 e. The Hall–Kier alpha value is -3.40. The predicted octanol–water partition coefficient (Wildman–Crippen LogP) is 5.10. The van der Waals surface area contributed by atoms with Crippen LogP contribution in [-0.4, -0.2) is 38.2 Å². The molecule has 0 N–H and O–H groups in total. The summed E-state index contributed by atoms with van der Waals surface area (Å²) in [5.74, 6) is 0.746. The van der Waals surface area contributed by atoms with Crippen LogP contribution in [0.15, 0.2) is 72.8 Å². The highest BCUT2D eigenvalue weighted by atomic mass is 15.1. The third-order valence-corrected chi connectivity index (χ3v) is 4.90. The van der Waals surface area contributed by atoms with E-state index in [9.17, 15) is 0 Å². The molecule has 4 rings (SSSR count). The van der Waals surface area contributed by atoms with Gasteiger partial charge < -0.3 is 9.80 Å². The molecule has 4 heteroatoms. The van der Waals surface area contributed by atoms with Crippen molar-refractivity contribution in [1.29, 1.82) is 0 Å². The molecule has 28 heavy (non-hydrogen) atoms. The first kappa shape index (κ1) is 18.0. The van der Waals surface area contributed by atoms with Gasteiger partial charge in [-0.05, 0) is 42.5 Å². The molecule has 0 aliphatic carbocycles. The molecule has 0 amide bonds. The molecule has 4 nitrogen and oxygen atoms in total. The maximum absolute atomic E-state index is 4.95. The van der Waals surface area contributed by atoms with Gasteiger partial charge in [0.1, 0.15) is 0 Å². The second-order valence-electron chi connectivity index (χ2n) is 7.30. The SMILES string of the molecule is CN(C)c1ccc(-c2nc(-c3ccc(N(C)C)cc3)c3ccccc3n2)cc1. The molecule has 4 aromatic rings. The molecular weight excluding hydrogens is 344 g/mol. The number of anilines is 2. The van der Waals surface area contributed by atoms with Crippen LogP contribution in [0.4, 0.5) is 11.4 Å². The Morgan fingerprint density at radius 2 is 1.11 bits per heavy atom. The van der Waals surface area contributed by atoms with Gasteiger partial charge in [0, 0.05) is 56.1 Å². The Balaban J connectivity index is 1.85. The second kappa shape index (κ2) is 7.31. The minimum absolute atomic E-state index is 0.746. The van der Waals surface area contributed by atoms with Crippen molar-refractivity contribution in [1.82, 2.24) is 9.97 Å². The van der Waals surface area contributed by atoms with Crippen molar-refractivity contribution in [3.8, 4) is 22.6 Å². The Labute approximate surface area is 166 Å². The van der Waals surface area contributed by atoms with Crippen LogP contribution in [0.2, 0.25) is 0 Å². The van der Waals surface area contributed by atoms with Crippen molar-refractivity contribution < 1.29 is 0 Å². The Morgan fingerprint density at radius 1 is 0.571 bits per heavy atom. The molecule has 0 saturated heterocycles. The van der Waals surface area contributed by atoms with Crippen molar-refractivity contribution in [3.05, 3.63) is 72.8 Å². The second-order valence-corrected chi connectivity index (χ2v) is 7.30. The molecular formula is C24H24N4. The zero-order valence-electron chi connectivity index (χ0n) is 16.7.